The van der Waals surface area contributed by atoms with Crippen molar-refractivity contribution in [2.45, 2.75) is 64.3 Å². The molecule has 0 amide bonds. The third-order valence-corrected chi connectivity index (χ3v) is 6.85. The van der Waals surface area contributed by atoms with Gasteiger partial charge < -0.3 is 20.5 Å². The van der Waals surface area contributed by atoms with E-state index in [2.05, 4.69) is 32.9 Å². The van der Waals surface area contributed by atoms with E-state index in [0.29, 0.717) is 29.0 Å². The molecule has 0 spiro atoms. The lowest BCUT2D eigenvalue weighted by molar-refractivity contribution is 0.126. The number of rotatable bonds is 8. The van der Waals surface area contributed by atoms with E-state index in [-0.39, 0.29) is 12.1 Å². The van der Waals surface area contributed by atoms with E-state index in [4.69, 9.17) is 21.3 Å². The average molecular weight is 496 g/mol. The van der Waals surface area contributed by atoms with Gasteiger partial charge in [0.15, 0.2) is 17.3 Å². The molecule has 1 aromatic carbocycles. The maximum Gasteiger partial charge on any atom is 0.158 e. The van der Waals surface area contributed by atoms with E-state index >= 15 is 0 Å². The molecule has 1 fully saturated rings. The molecule has 4 aromatic rings. The summed E-state index contributed by atoms with van der Waals surface area (Å²) in [7, 11) is 1.60. The number of fused-ring (bicyclic) bond motifs is 3. The molecule has 3 heterocycles. The largest absolute Gasteiger partial charge is 0.495 e. The first kappa shape index (κ1) is 23.6. The Hall–Kier alpha value is -3.17. The van der Waals surface area contributed by atoms with Crippen molar-refractivity contribution in [3.63, 3.8) is 0 Å². The number of hydrogen-bond acceptors (Lipinski definition) is 8. The minimum atomic E-state index is -0.209. The van der Waals surface area contributed by atoms with Crippen LogP contribution in [0.25, 0.3) is 21.8 Å². The van der Waals surface area contributed by atoms with Crippen LogP contribution in [-0.4, -0.2) is 49.3 Å². The van der Waals surface area contributed by atoms with Gasteiger partial charge in [-0.05, 0) is 49.8 Å². The SMILES string of the molecule is CCCn1ncc2c3c(NCc4ccc(OC)c(Cl)c4)nnc(NC4CCC(O)CC4)c3cnc21. The highest BCUT2D eigenvalue weighted by molar-refractivity contribution is 6.32. The fraction of sp³-hybridized carbons (Fsp3) is 0.440. The van der Waals surface area contributed by atoms with Crippen LogP contribution >= 0.6 is 11.6 Å². The van der Waals surface area contributed by atoms with Gasteiger partial charge in [-0.3, -0.25) is 0 Å². The molecule has 1 aliphatic rings. The number of nitrogens with one attached hydrogen (secondary N) is 2. The molecule has 0 bridgehead atoms. The number of methoxy groups -OCH3 is 1. The zero-order chi connectivity index (χ0) is 24.4. The van der Waals surface area contributed by atoms with E-state index in [1.165, 1.54) is 0 Å². The summed E-state index contributed by atoms with van der Waals surface area (Å²) in [5.41, 5.74) is 1.83. The number of hydrogen-bond donors (Lipinski definition) is 3. The second-order valence-corrected chi connectivity index (χ2v) is 9.43. The lowest BCUT2D eigenvalue weighted by Gasteiger charge is -2.27. The number of nitrogens with zero attached hydrogens (tertiary/aromatic N) is 5. The minimum absolute atomic E-state index is 0.209. The summed E-state index contributed by atoms with van der Waals surface area (Å²) < 4.78 is 7.19. The Labute approximate surface area is 208 Å². The zero-order valence-corrected chi connectivity index (χ0v) is 20.7. The molecule has 3 aromatic heterocycles. The summed E-state index contributed by atoms with van der Waals surface area (Å²) in [5, 5.41) is 33.9. The van der Waals surface area contributed by atoms with Crippen molar-refractivity contribution in [2.24, 2.45) is 0 Å². The highest BCUT2D eigenvalue weighted by atomic mass is 35.5. The highest BCUT2D eigenvalue weighted by Gasteiger charge is 2.22. The van der Waals surface area contributed by atoms with Crippen LogP contribution in [-0.2, 0) is 13.1 Å². The molecular formula is C25H30ClN7O2. The predicted molar refractivity (Wildman–Crippen MR) is 138 cm³/mol. The molecule has 1 aliphatic carbocycles. The monoisotopic (exact) mass is 495 g/mol. The molecule has 0 saturated heterocycles. The predicted octanol–water partition coefficient (Wildman–Crippen LogP) is 4.77. The normalized spacial score (nSPS) is 18.2. The average Bonchev–Trinajstić information content (AvgIpc) is 3.28. The number of aliphatic hydroxyl groups is 1. The molecule has 35 heavy (non-hydrogen) atoms. The van der Waals surface area contributed by atoms with Gasteiger partial charge in [0.25, 0.3) is 0 Å². The van der Waals surface area contributed by atoms with Crippen LogP contribution in [0, 0.1) is 0 Å². The van der Waals surface area contributed by atoms with Crippen molar-refractivity contribution in [3.05, 3.63) is 41.2 Å². The molecule has 1 saturated carbocycles. The third kappa shape index (κ3) is 4.83. The number of ether oxygens (including phenoxy) is 1. The number of pyridine rings is 1. The van der Waals surface area contributed by atoms with Gasteiger partial charge in [0.05, 0.1) is 29.8 Å². The second-order valence-electron chi connectivity index (χ2n) is 9.02. The van der Waals surface area contributed by atoms with Crippen molar-refractivity contribution in [1.29, 1.82) is 0 Å². The smallest absolute Gasteiger partial charge is 0.158 e. The van der Waals surface area contributed by atoms with Gasteiger partial charge in [-0.15, -0.1) is 10.2 Å². The number of benzene rings is 1. The van der Waals surface area contributed by atoms with Crippen molar-refractivity contribution >= 4 is 45.0 Å². The van der Waals surface area contributed by atoms with Crippen LogP contribution < -0.4 is 15.4 Å². The lowest BCUT2D eigenvalue weighted by Crippen LogP contribution is -2.28. The molecule has 3 N–H and O–H groups in total. The van der Waals surface area contributed by atoms with Crippen LogP contribution in [0.5, 0.6) is 5.75 Å². The van der Waals surface area contributed by atoms with Crippen LogP contribution in [0.4, 0.5) is 11.6 Å². The molecule has 184 valence electrons. The fourth-order valence-electron chi connectivity index (χ4n) is 4.69. The van der Waals surface area contributed by atoms with Crippen LogP contribution in [0.2, 0.25) is 5.02 Å². The Kier molecular flexibility index (Phi) is 6.88. The first-order valence-electron chi connectivity index (χ1n) is 12.1. The molecule has 0 unspecified atom stereocenters. The summed E-state index contributed by atoms with van der Waals surface area (Å²) in [4.78, 5) is 4.74. The van der Waals surface area contributed by atoms with Crippen LogP contribution in [0.3, 0.4) is 0 Å². The van der Waals surface area contributed by atoms with E-state index in [9.17, 15) is 5.11 Å². The van der Waals surface area contributed by atoms with Gasteiger partial charge in [-0.1, -0.05) is 24.6 Å². The third-order valence-electron chi connectivity index (χ3n) is 6.56. The van der Waals surface area contributed by atoms with E-state index < -0.39 is 0 Å². The fourth-order valence-corrected chi connectivity index (χ4v) is 4.97. The first-order valence-corrected chi connectivity index (χ1v) is 12.5. The van der Waals surface area contributed by atoms with E-state index in [1.54, 1.807) is 7.11 Å². The molecule has 0 atom stereocenters. The van der Waals surface area contributed by atoms with Crippen molar-refractivity contribution in [2.75, 3.05) is 17.7 Å². The molecule has 0 radical (unpaired) electrons. The number of anilines is 2. The molecule has 5 rings (SSSR count). The minimum Gasteiger partial charge on any atom is -0.495 e. The van der Waals surface area contributed by atoms with Crippen molar-refractivity contribution < 1.29 is 9.84 Å². The zero-order valence-electron chi connectivity index (χ0n) is 20.0. The quantitative estimate of drug-likeness (QED) is 0.320. The van der Waals surface area contributed by atoms with Crippen molar-refractivity contribution in [3.8, 4) is 5.75 Å². The molecular weight excluding hydrogens is 466 g/mol. The first-order chi connectivity index (χ1) is 17.1. The van der Waals surface area contributed by atoms with Gasteiger partial charge in [0.1, 0.15) is 5.75 Å². The highest BCUT2D eigenvalue weighted by Crippen LogP contribution is 2.34. The summed E-state index contributed by atoms with van der Waals surface area (Å²) in [5.74, 6) is 2.01. The number of halogens is 1. The molecule has 9 nitrogen and oxygen atoms in total. The van der Waals surface area contributed by atoms with E-state index in [1.807, 2.05) is 35.3 Å². The van der Waals surface area contributed by atoms with Crippen molar-refractivity contribution in [1.82, 2.24) is 25.0 Å². The van der Waals surface area contributed by atoms with Crippen LogP contribution in [0.15, 0.2) is 30.6 Å². The molecule has 10 heteroatoms. The summed E-state index contributed by atoms with van der Waals surface area (Å²) in [6.45, 7) is 3.44. The summed E-state index contributed by atoms with van der Waals surface area (Å²) in [6.07, 6.45) is 7.85. The Morgan fingerprint density at radius 3 is 2.66 bits per heavy atom. The van der Waals surface area contributed by atoms with Gasteiger partial charge in [0.2, 0.25) is 0 Å². The molecule has 0 aliphatic heterocycles. The standard InChI is InChI=1S/C25H30ClN7O2/c1-3-10-33-25-19(14-29-33)22-18(13-28-25)23(30-16-5-7-17(34)8-6-16)31-32-24(22)27-12-15-4-9-21(35-2)20(26)11-15/h4,9,11,13-14,16-17,34H,3,5-8,10,12H2,1-2H3,(H,27,32)(H,30,31). The number of aromatic nitrogens is 5. The van der Waals surface area contributed by atoms with Crippen LogP contribution in [0.1, 0.15) is 44.6 Å². The Balaban J connectivity index is 1.52. The second kappa shape index (κ2) is 10.2. The maximum atomic E-state index is 9.87. The summed E-state index contributed by atoms with van der Waals surface area (Å²) in [6, 6.07) is 5.95. The number of aryl methyl sites for hydroxylation is 1. The Morgan fingerprint density at radius 2 is 1.91 bits per heavy atom. The summed E-state index contributed by atoms with van der Waals surface area (Å²) >= 11 is 6.32. The maximum absolute atomic E-state index is 9.87. The lowest BCUT2D eigenvalue weighted by atomic mass is 9.93. The van der Waals surface area contributed by atoms with Gasteiger partial charge in [-0.2, -0.15) is 5.10 Å². The van der Waals surface area contributed by atoms with E-state index in [0.717, 1.165) is 66.0 Å². The Bertz CT molecular complexity index is 1330. The van der Waals surface area contributed by atoms with Gasteiger partial charge >= 0.3 is 0 Å². The van der Waals surface area contributed by atoms with Gasteiger partial charge in [-0.25, -0.2) is 9.67 Å². The van der Waals surface area contributed by atoms with Gasteiger partial charge in [0, 0.05) is 36.1 Å². The Morgan fingerprint density at radius 1 is 1.11 bits per heavy atom. The topological polar surface area (TPSA) is 110 Å². The number of aliphatic hydroxyl groups excluding tert-OH is 1.